The Labute approximate surface area is 117 Å². The second kappa shape index (κ2) is 5.88. The molecule has 1 aromatic rings. The van der Waals surface area contributed by atoms with Crippen molar-refractivity contribution in [1.82, 2.24) is 4.90 Å². The number of hydrogen-bond acceptors (Lipinski definition) is 3. The first-order valence-corrected chi connectivity index (χ1v) is 6.28. The van der Waals surface area contributed by atoms with Crippen molar-refractivity contribution in [1.29, 1.82) is 0 Å². The SMILES string of the molecule is O=C(c1ccc(F)c(O)c1)N1CCC(OC(F)(F)F)CC1. The topological polar surface area (TPSA) is 49.8 Å². The van der Waals surface area contributed by atoms with Crippen LogP contribution < -0.4 is 0 Å². The Morgan fingerprint density at radius 3 is 2.43 bits per heavy atom. The molecule has 8 heteroatoms. The van der Waals surface area contributed by atoms with Crippen LogP contribution in [0.2, 0.25) is 0 Å². The summed E-state index contributed by atoms with van der Waals surface area (Å²) in [7, 11) is 0. The van der Waals surface area contributed by atoms with Gasteiger partial charge in [-0.1, -0.05) is 0 Å². The molecule has 0 aliphatic carbocycles. The summed E-state index contributed by atoms with van der Waals surface area (Å²) in [6.07, 6.45) is -5.51. The maximum absolute atomic E-state index is 12.9. The third-order valence-electron chi connectivity index (χ3n) is 3.22. The average molecular weight is 307 g/mol. The minimum absolute atomic E-state index is 0.0679. The Morgan fingerprint density at radius 2 is 1.90 bits per heavy atom. The van der Waals surface area contributed by atoms with Crippen LogP contribution in [-0.2, 0) is 4.74 Å². The molecule has 1 amide bonds. The van der Waals surface area contributed by atoms with E-state index < -0.39 is 29.9 Å². The molecule has 1 aliphatic heterocycles. The van der Waals surface area contributed by atoms with Gasteiger partial charge in [-0.25, -0.2) is 4.39 Å². The Balaban J connectivity index is 1.95. The summed E-state index contributed by atoms with van der Waals surface area (Å²) in [4.78, 5) is 13.4. The summed E-state index contributed by atoms with van der Waals surface area (Å²) >= 11 is 0. The first kappa shape index (κ1) is 15.6. The molecular formula is C13H13F4NO3. The molecule has 116 valence electrons. The Hall–Kier alpha value is -1.83. The normalized spacial score (nSPS) is 17.0. The van der Waals surface area contributed by atoms with Crippen LogP contribution in [0.5, 0.6) is 5.75 Å². The van der Waals surface area contributed by atoms with E-state index in [-0.39, 0.29) is 31.5 Å². The molecule has 21 heavy (non-hydrogen) atoms. The molecule has 1 aromatic carbocycles. The lowest BCUT2D eigenvalue weighted by molar-refractivity contribution is -0.345. The molecular weight excluding hydrogens is 294 g/mol. The second-order valence-electron chi connectivity index (χ2n) is 4.72. The lowest BCUT2D eigenvalue weighted by atomic mass is 10.1. The molecule has 0 atom stereocenters. The molecule has 4 nitrogen and oxygen atoms in total. The van der Waals surface area contributed by atoms with Gasteiger partial charge in [0.15, 0.2) is 11.6 Å². The van der Waals surface area contributed by atoms with E-state index in [1.807, 2.05) is 0 Å². The van der Waals surface area contributed by atoms with Crippen LogP contribution in [0.1, 0.15) is 23.2 Å². The van der Waals surface area contributed by atoms with Crippen molar-refractivity contribution in [2.24, 2.45) is 0 Å². The third-order valence-corrected chi connectivity index (χ3v) is 3.22. The summed E-state index contributed by atoms with van der Waals surface area (Å²) in [6.45, 7) is 0.218. The lowest BCUT2D eigenvalue weighted by Crippen LogP contribution is -2.42. The van der Waals surface area contributed by atoms with E-state index >= 15 is 0 Å². The maximum Gasteiger partial charge on any atom is 0.522 e. The zero-order valence-corrected chi connectivity index (χ0v) is 10.9. The van der Waals surface area contributed by atoms with E-state index in [9.17, 15) is 27.5 Å². The van der Waals surface area contributed by atoms with Crippen molar-refractivity contribution in [2.45, 2.75) is 25.3 Å². The largest absolute Gasteiger partial charge is 0.522 e. The zero-order chi connectivity index (χ0) is 15.6. The highest BCUT2D eigenvalue weighted by atomic mass is 19.4. The minimum Gasteiger partial charge on any atom is -0.505 e. The Morgan fingerprint density at radius 1 is 1.29 bits per heavy atom. The van der Waals surface area contributed by atoms with Gasteiger partial charge in [-0.3, -0.25) is 9.53 Å². The molecule has 1 saturated heterocycles. The van der Waals surface area contributed by atoms with Crippen LogP contribution in [0.4, 0.5) is 17.6 Å². The van der Waals surface area contributed by atoms with Crippen molar-refractivity contribution in [3.05, 3.63) is 29.6 Å². The summed E-state index contributed by atoms with van der Waals surface area (Å²) in [5.74, 6) is -1.95. The van der Waals surface area contributed by atoms with Gasteiger partial charge in [-0.05, 0) is 31.0 Å². The molecule has 1 aliphatic rings. The first-order chi connectivity index (χ1) is 9.76. The third kappa shape index (κ3) is 4.07. The van der Waals surface area contributed by atoms with Crippen LogP contribution in [-0.4, -0.2) is 41.5 Å². The highest BCUT2D eigenvalue weighted by molar-refractivity contribution is 5.94. The standard InChI is InChI=1S/C13H13F4NO3/c14-10-2-1-8(7-11(10)19)12(20)18-5-3-9(4-6-18)21-13(15,16)17/h1-2,7,9,19H,3-6H2. The molecule has 0 spiro atoms. The average Bonchev–Trinajstić information content (AvgIpc) is 2.40. The number of carbonyl (C=O) groups excluding carboxylic acids is 1. The van der Waals surface area contributed by atoms with E-state index in [2.05, 4.69) is 4.74 Å². The van der Waals surface area contributed by atoms with Crippen molar-refractivity contribution >= 4 is 5.91 Å². The van der Waals surface area contributed by atoms with Gasteiger partial charge in [0.1, 0.15) is 0 Å². The van der Waals surface area contributed by atoms with Crippen LogP contribution >= 0.6 is 0 Å². The molecule has 0 bridgehead atoms. The second-order valence-corrected chi connectivity index (χ2v) is 4.72. The number of likely N-dealkylation sites (tertiary alicyclic amines) is 1. The molecule has 1 heterocycles. The van der Waals surface area contributed by atoms with Crippen molar-refractivity contribution in [3.63, 3.8) is 0 Å². The number of carbonyl (C=O) groups is 1. The molecule has 0 unspecified atom stereocenters. The quantitative estimate of drug-likeness (QED) is 0.855. The van der Waals surface area contributed by atoms with Crippen LogP contribution in [0.3, 0.4) is 0 Å². The van der Waals surface area contributed by atoms with Crippen LogP contribution in [0.25, 0.3) is 0 Å². The molecule has 0 aromatic heterocycles. The smallest absolute Gasteiger partial charge is 0.505 e. The fourth-order valence-electron chi connectivity index (χ4n) is 2.19. The summed E-state index contributed by atoms with van der Waals surface area (Å²) < 4.78 is 53.1. The number of phenolic OH excluding ortho intramolecular Hbond substituents is 1. The number of benzene rings is 1. The first-order valence-electron chi connectivity index (χ1n) is 6.28. The van der Waals surface area contributed by atoms with E-state index in [0.717, 1.165) is 12.1 Å². The van der Waals surface area contributed by atoms with Gasteiger partial charge in [0, 0.05) is 18.7 Å². The molecule has 1 N–H and O–H groups in total. The van der Waals surface area contributed by atoms with Gasteiger partial charge in [-0.15, -0.1) is 13.2 Å². The summed E-state index contributed by atoms with van der Waals surface area (Å²) in [5.41, 5.74) is 0.0871. The van der Waals surface area contributed by atoms with E-state index in [1.54, 1.807) is 0 Å². The van der Waals surface area contributed by atoms with Crippen molar-refractivity contribution in [2.75, 3.05) is 13.1 Å². The van der Waals surface area contributed by atoms with Crippen LogP contribution in [0.15, 0.2) is 18.2 Å². The van der Waals surface area contributed by atoms with Crippen LogP contribution in [0, 0.1) is 5.82 Å². The molecule has 2 rings (SSSR count). The Bertz CT molecular complexity index is 525. The van der Waals surface area contributed by atoms with Gasteiger partial charge in [0.05, 0.1) is 6.10 Å². The van der Waals surface area contributed by atoms with E-state index in [0.29, 0.717) is 0 Å². The van der Waals surface area contributed by atoms with E-state index in [1.165, 1.54) is 11.0 Å². The lowest BCUT2D eigenvalue weighted by Gasteiger charge is -2.32. The molecule has 0 radical (unpaired) electrons. The van der Waals surface area contributed by atoms with Gasteiger partial charge in [0.2, 0.25) is 0 Å². The van der Waals surface area contributed by atoms with E-state index in [4.69, 9.17) is 0 Å². The summed E-state index contributed by atoms with van der Waals surface area (Å²) in [5, 5.41) is 9.23. The maximum atomic E-state index is 12.9. The number of hydrogen-bond donors (Lipinski definition) is 1. The number of halogens is 4. The number of aromatic hydroxyl groups is 1. The predicted octanol–water partition coefficient (Wildman–Crippen LogP) is 2.67. The van der Waals surface area contributed by atoms with Gasteiger partial charge < -0.3 is 10.0 Å². The number of amides is 1. The van der Waals surface area contributed by atoms with Crippen molar-refractivity contribution in [3.8, 4) is 5.75 Å². The molecule has 1 fully saturated rings. The number of alkyl halides is 3. The van der Waals surface area contributed by atoms with Crippen molar-refractivity contribution < 1.29 is 32.2 Å². The predicted molar refractivity (Wildman–Crippen MR) is 64.1 cm³/mol. The van der Waals surface area contributed by atoms with Gasteiger partial charge in [-0.2, -0.15) is 0 Å². The monoisotopic (exact) mass is 307 g/mol. The minimum atomic E-state index is -4.68. The number of piperidine rings is 1. The number of rotatable bonds is 2. The highest BCUT2D eigenvalue weighted by Crippen LogP contribution is 2.25. The fourth-order valence-corrected chi connectivity index (χ4v) is 2.19. The molecule has 0 saturated carbocycles. The Kier molecular flexibility index (Phi) is 4.36. The number of ether oxygens (including phenoxy) is 1. The number of phenols is 1. The summed E-state index contributed by atoms with van der Waals surface area (Å²) in [6, 6.07) is 3.17. The number of nitrogens with zero attached hydrogens (tertiary/aromatic N) is 1. The van der Waals surface area contributed by atoms with Gasteiger partial charge >= 0.3 is 6.36 Å². The van der Waals surface area contributed by atoms with Gasteiger partial charge in [0.25, 0.3) is 5.91 Å². The zero-order valence-electron chi connectivity index (χ0n) is 10.9. The highest BCUT2D eigenvalue weighted by Gasteiger charge is 2.35. The fraction of sp³-hybridized carbons (Fsp3) is 0.462.